The Hall–Kier alpha value is -4.43. The smallest absolute Gasteiger partial charge is 0.296 e. The number of aromatic nitrogens is 1. The number of nitrogens with zero attached hydrogens (tertiary/aromatic N) is 2. The lowest BCUT2D eigenvalue weighted by atomic mass is 9.95. The van der Waals surface area contributed by atoms with Gasteiger partial charge in [0.15, 0.2) is 28.2 Å². The molecule has 8 heteroatoms. The van der Waals surface area contributed by atoms with Gasteiger partial charge < -0.3 is 14.6 Å². The number of carbonyl (C=O) groups excluding carboxylic acids is 2. The van der Waals surface area contributed by atoms with Gasteiger partial charge in [-0.15, -0.1) is 0 Å². The molecule has 1 amide bonds. The number of unbranched alkanes of at least 4 members (excludes halogenated alkanes) is 2. The van der Waals surface area contributed by atoms with Gasteiger partial charge in [0.2, 0.25) is 0 Å². The number of ketones is 1. The Morgan fingerprint density at radius 3 is 2.63 bits per heavy atom. The van der Waals surface area contributed by atoms with Crippen molar-refractivity contribution in [3.8, 4) is 11.5 Å². The van der Waals surface area contributed by atoms with Crippen LogP contribution in [0.3, 0.4) is 0 Å². The SMILES string of the molecule is CCCCCOc1ccc(C2C(C(=O)/C=C/c3ccccc3)=C(O)C(=O)N2c2nc3ccc(C)cc3s2)cc1OC. The number of aliphatic hydroxyl groups excluding tert-OH is 1. The first-order valence-corrected chi connectivity index (χ1v) is 14.4. The molecule has 1 N–H and O–H groups in total. The van der Waals surface area contributed by atoms with Crippen molar-refractivity contribution in [1.82, 2.24) is 4.98 Å². The van der Waals surface area contributed by atoms with Gasteiger partial charge in [-0.2, -0.15) is 0 Å². The Morgan fingerprint density at radius 1 is 1.07 bits per heavy atom. The van der Waals surface area contributed by atoms with Gasteiger partial charge in [0, 0.05) is 0 Å². The highest BCUT2D eigenvalue weighted by atomic mass is 32.1. The maximum atomic E-state index is 13.6. The number of aryl methyl sites for hydroxylation is 1. The Morgan fingerprint density at radius 2 is 1.88 bits per heavy atom. The Kier molecular flexibility index (Phi) is 8.50. The third kappa shape index (κ3) is 5.88. The van der Waals surface area contributed by atoms with Crippen LogP contribution in [0.5, 0.6) is 11.5 Å². The predicted molar refractivity (Wildman–Crippen MR) is 163 cm³/mol. The number of thiazole rings is 1. The monoisotopic (exact) mass is 568 g/mol. The van der Waals surface area contributed by atoms with E-state index in [1.165, 1.54) is 22.3 Å². The lowest BCUT2D eigenvalue weighted by molar-refractivity contribution is -0.117. The molecular formula is C33H32N2O5S. The van der Waals surface area contributed by atoms with Crippen LogP contribution in [0.25, 0.3) is 16.3 Å². The third-order valence-electron chi connectivity index (χ3n) is 6.95. The minimum atomic E-state index is -0.917. The van der Waals surface area contributed by atoms with Crippen LogP contribution in [-0.4, -0.2) is 35.5 Å². The molecule has 0 bridgehead atoms. The first kappa shape index (κ1) is 28.1. The topological polar surface area (TPSA) is 89.0 Å². The lowest BCUT2D eigenvalue weighted by Gasteiger charge is -2.25. The van der Waals surface area contributed by atoms with Crippen LogP contribution in [0.15, 0.2) is 84.1 Å². The number of hydrogen-bond acceptors (Lipinski definition) is 7. The largest absolute Gasteiger partial charge is 0.503 e. The van der Waals surface area contributed by atoms with Crippen molar-refractivity contribution in [2.45, 2.75) is 39.2 Å². The average molecular weight is 569 g/mol. The number of hydrogen-bond donors (Lipinski definition) is 1. The molecule has 0 radical (unpaired) electrons. The Labute approximate surface area is 243 Å². The second-order valence-corrected chi connectivity index (χ2v) is 10.9. The van der Waals surface area contributed by atoms with E-state index < -0.39 is 23.5 Å². The van der Waals surface area contributed by atoms with Crippen molar-refractivity contribution in [2.24, 2.45) is 0 Å². The molecular weight excluding hydrogens is 536 g/mol. The fraction of sp³-hybridized carbons (Fsp3) is 0.242. The van der Waals surface area contributed by atoms with Gasteiger partial charge in [-0.3, -0.25) is 14.5 Å². The quantitative estimate of drug-likeness (QED) is 0.150. The van der Waals surface area contributed by atoms with Gasteiger partial charge in [0.05, 0.1) is 35.5 Å². The molecule has 7 nitrogen and oxygen atoms in total. The number of benzene rings is 3. The van der Waals surface area contributed by atoms with Crippen molar-refractivity contribution in [1.29, 1.82) is 0 Å². The van der Waals surface area contributed by atoms with E-state index in [9.17, 15) is 14.7 Å². The van der Waals surface area contributed by atoms with Gasteiger partial charge >= 0.3 is 0 Å². The van der Waals surface area contributed by atoms with Crippen molar-refractivity contribution < 1.29 is 24.2 Å². The molecule has 1 aromatic heterocycles. The van der Waals surface area contributed by atoms with E-state index in [1.54, 1.807) is 31.4 Å². The van der Waals surface area contributed by atoms with Crippen LogP contribution in [0.4, 0.5) is 5.13 Å². The molecule has 0 saturated heterocycles. The summed E-state index contributed by atoms with van der Waals surface area (Å²) < 4.78 is 12.5. The van der Waals surface area contributed by atoms with Crippen molar-refractivity contribution >= 4 is 44.5 Å². The normalized spacial score (nSPS) is 15.3. The zero-order valence-electron chi connectivity index (χ0n) is 23.3. The minimum absolute atomic E-state index is 0.0173. The highest BCUT2D eigenvalue weighted by Gasteiger charge is 2.45. The summed E-state index contributed by atoms with van der Waals surface area (Å²) in [6.45, 7) is 4.68. The molecule has 41 heavy (non-hydrogen) atoms. The number of carbonyl (C=O) groups is 2. The second kappa shape index (κ2) is 12.4. The van der Waals surface area contributed by atoms with Crippen LogP contribution in [0.1, 0.15) is 48.9 Å². The molecule has 1 unspecified atom stereocenters. The third-order valence-corrected chi connectivity index (χ3v) is 7.97. The van der Waals surface area contributed by atoms with Crippen LogP contribution in [0.2, 0.25) is 0 Å². The molecule has 2 heterocycles. The lowest BCUT2D eigenvalue weighted by Crippen LogP contribution is -2.30. The molecule has 210 valence electrons. The molecule has 0 fully saturated rings. The first-order chi connectivity index (χ1) is 19.9. The van der Waals surface area contributed by atoms with Gasteiger partial charge in [0.25, 0.3) is 5.91 Å². The van der Waals surface area contributed by atoms with E-state index in [2.05, 4.69) is 6.92 Å². The molecule has 0 spiro atoms. The maximum Gasteiger partial charge on any atom is 0.296 e. The molecule has 1 aliphatic rings. The summed E-state index contributed by atoms with van der Waals surface area (Å²) in [4.78, 5) is 33.3. The van der Waals surface area contributed by atoms with Crippen molar-refractivity contribution in [3.63, 3.8) is 0 Å². The van der Waals surface area contributed by atoms with E-state index in [-0.39, 0.29) is 5.57 Å². The maximum absolute atomic E-state index is 13.6. The zero-order valence-corrected chi connectivity index (χ0v) is 24.1. The van der Waals surface area contributed by atoms with E-state index >= 15 is 0 Å². The summed E-state index contributed by atoms with van der Waals surface area (Å²) in [5.74, 6) is -0.691. The number of allylic oxidation sites excluding steroid dienone is 1. The number of methoxy groups -OCH3 is 1. The van der Waals surface area contributed by atoms with Crippen LogP contribution >= 0.6 is 11.3 Å². The van der Waals surface area contributed by atoms with Gasteiger partial charge in [-0.25, -0.2) is 4.98 Å². The van der Waals surface area contributed by atoms with E-state index in [0.29, 0.717) is 28.8 Å². The van der Waals surface area contributed by atoms with Gasteiger partial charge in [-0.05, 0) is 60.4 Å². The van der Waals surface area contributed by atoms with Gasteiger partial charge in [-0.1, -0.05) is 79.6 Å². The average Bonchev–Trinajstić information content (AvgIpc) is 3.52. The fourth-order valence-corrected chi connectivity index (χ4v) is 5.92. The first-order valence-electron chi connectivity index (χ1n) is 13.6. The summed E-state index contributed by atoms with van der Waals surface area (Å²) in [7, 11) is 1.55. The summed E-state index contributed by atoms with van der Waals surface area (Å²) in [6, 6.07) is 19.6. The van der Waals surface area contributed by atoms with E-state index in [0.717, 1.165) is 40.6 Å². The summed E-state index contributed by atoms with van der Waals surface area (Å²) in [5.41, 5.74) is 3.20. The highest BCUT2D eigenvalue weighted by Crippen LogP contribution is 2.45. The number of rotatable bonds is 11. The zero-order chi connectivity index (χ0) is 28.9. The molecule has 0 aliphatic carbocycles. The Bertz CT molecular complexity index is 1640. The molecule has 1 atom stereocenters. The molecule has 5 rings (SSSR count). The van der Waals surface area contributed by atoms with Crippen LogP contribution in [0, 0.1) is 6.92 Å². The standard InChI is InChI=1S/C33H32N2O5S/c1-4-5-9-18-40-26-17-14-23(20-27(26)39-3)30-29(25(36)16-13-22-10-7-6-8-11-22)31(37)32(38)35(30)33-34-24-15-12-21(2)19-28(24)41-33/h6-8,10-17,19-20,30,37H,4-5,9,18H2,1-3H3/b16-13+. The fourth-order valence-electron chi connectivity index (χ4n) is 4.83. The minimum Gasteiger partial charge on any atom is -0.503 e. The number of ether oxygens (including phenoxy) is 2. The van der Waals surface area contributed by atoms with Crippen LogP contribution in [-0.2, 0) is 9.59 Å². The van der Waals surface area contributed by atoms with Gasteiger partial charge in [0.1, 0.15) is 0 Å². The number of anilines is 1. The van der Waals surface area contributed by atoms with Crippen molar-refractivity contribution in [3.05, 3.63) is 101 Å². The molecule has 1 aliphatic heterocycles. The van der Waals surface area contributed by atoms with E-state index in [1.807, 2.05) is 55.5 Å². The molecule has 3 aromatic carbocycles. The number of aliphatic hydroxyl groups is 1. The van der Waals surface area contributed by atoms with Crippen molar-refractivity contribution in [2.75, 3.05) is 18.6 Å². The second-order valence-electron chi connectivity index (χ2n) is 9.88. The number of fused-ring (bicyclic) bond motifs is 1. The molecule has 4 aromatic rings. The summed E-state index contributed by atoms with van der Waals surface area (Å²) in [5, 5.41) is 11.5. The van der Waals surface area contributed by atoms with Crippen LogP contribution < -0.4 is 14.4 Å². The summed E-state index contributed by atoms with van der Waals surface area (Å²) in [6.07, 6.45) is 6.12. The Balaban J connectivity index is 1.57. The summed E-state index contributed by atoms with van der Waals surface area (Å²) >= 11 is 1.34. The molecule has 0 saturated carbocycles. The van der Waals surface area contributed by atoms with E-state index in [4.69, 9.17) is 14.5 Å². The number of amides is 1. The highest BCUT2D eigenvalue weighted by molar-refractivity contribution is 7.22. The predicted octanol–water partition coefficient (Wildman–Crippen LogP) is 7.36.